The first-order valence-electron chi connectivity index (χ1n) is 9.81. The molecule has 9 heteroatoms. The van der Waals surface area contributed by atoms with Gasteiger partial charge in [0.1, 0.15) is 0 Å². The summed E-state index contributed by atoms with van der Waals surface area (Å²) in [7, 11) is 3.17. The number of rotatable bonds is 7. The SMILES string of the molecule is CN=C(NCCN(C)CC(F)(F)F)N1CCC(OCC2CCCCO2)CC1. The van der Waals surface area contributed by atoms with Crippen LogP contribution in [0, 0.1) is 0 Å². The number of aliphatic imine (C=N–C) groups is 1. The molecule has 0 aromatic carbocycles. The Bertz CT molecular complexity index is 448. The van der Waals surface area contributed by atoms with Gasteiger partial charge in [0.15, 0.2) is 5.96 Å². The van der Waals surface area contributed by atoms with Crippen molar-refractivity contribution in [2.24, 2.45) is 4.99 Å². The van der Waals surface area contributed by atoms with Crippen LogP contribution in [0.4, 0.5) is 13.2 Å². The smallest absolute Gasteiger partial charge is 0.376 e. The third-order valence-corrected chi connectivity index (χ3v) is 4.97. The zero-order valence-corrected chi connectivity index (χ0v) is 16.4. The van der Waals surface area contributed by atoms with Crippen molar-refractivity contribution in [2.45, 2.75) is 50.5 Å². The van der Waals surface area contributed by atoms with Crippen LogP contribution < -0.4 is 5.32 Å². The predicted molar refractivity (Wildman–Crippen MR) is 99.1 cm³/mol. The van der Waals surface area contributed by atoms with Gasteiger partial charge in [0, 0.05) is 39.8 Å². The molecule has 0 aromatic rings. The fraction of sp³-hybridized carbons (Fsp3) is 0.944. The summed E-state index contributed by atoms with van der Waals surface area (Å²) in [5, 5.41) is 3.16. The summed E-state index contributed by atoms with van der Waals surface area (Å²) in [6.45, 7) is 2.99. The fourth-order valence-corrected chi connectivity index (χ4v) is 3.49. The van der Waals surface area contributed by atoms with Crippen molar-refractivity contribution in [3.05, 3.63) is 0 Å². The molecule has 0 amide bonds. The van der Waals surface area contributed by atoms with Gasteiger partial charge in [-0.2, -0.15) is 13.2 Å². The van der Waals surface area contributed by atoms with E-state index in [1.54, 1.807) is 7.05 Å². The Hall–Kier alpha value is -1.06. The van der Waals surface area contributed by atoms with Crippen molar-refractivity contribution in [3.63, 3.8) is 0 Å². The van der Waals surface area contributed by atoms with Crippen LogP contribution in [0.5, 0.6) is 0 Å². The Morgan fingerprint density at radius 2 is 2.00 bits per heavy atom. The molecule has 0 spiro atoms. The second kappa shape index (κ2) is 11.1. The molecule has 0 radical (unpaired) electrons. The lowest BCUT2D eigenvalue weighted by molar-refractivity contribution is -0.142. The van der Waals surface area contributed by atoms with E-state index in [9.17, 15) is 13.2 Å². The molecule has 2 rings (SSSR count). The normalized spacial score (nSPS) is 23.1. The Labute approximate surface area is 160 Å². The Kier molecular flexibility index (Phi) is 9.11. The third-order valence-electron chi connectivity index (χ3n) is 4.97. The molecule has 0 saturated carbocycles. The van der Waals surface area contributed by atoms with Crippen LogP contribution in [-0.4, -0.2) is 94.2 Å². The van der Waals surface area contributed by atoms with Crippen LogP contribution in [0.25, 0.3) is 0 Å². The molecule has 2 aliphatic heterocycles. The molecule has 6 nitrogen and oxygen atoms in total. The number of hydrogen-bond acceptors (Lipinski definition) is 4. The van der Waals surface area contributed by atoms with E-state index < -0.39 is 12.7 Å². The largest absolute Gasteiger partial charge is 0.401 e. The maximum absolute atomic E-state index is 12.4. The van der Waals surface area contributed by atoms with E-state index in [0.29, 0.717) is 19.7 Å². The average molecular weight is 394 g/mol. The van der Waals surface area contributed by atoms with Gasteiger partial charge in [-0.1, -0.05) is 0 Å². The van der Waals surface area contributed by atoms with Crippen LogP contribution >= 0.6 is 0 Å². The van der Waals surface area contributed by atoms with Crippen molar-refractivity contribution < 1.29 is 22.6 Å². The number of likely N-dealkylation sites (N-methyl/N-ethyl adjacent to an activating group) is 1. The molecule has 2 saturated heterocycles. The second-order valence-corrected chi connectivity index (χ2v) is 7.34. The van der Waals surface area contributed by atoms with Gasteiger partial charge >= 0.3 is 6.18 Å². The standard InChI is InChI=1S/C18H33F3N4O2/c1-22-17(23-8-11-24(2)14-18(19,20)21)25-9-6-15(7-10-25)27-13-16-5-3-4-12-26-16/h15-16H,3-14H2,1-2H3,(H,22,23). The molecule has 1 N–H and O–H groups in total. The van der Waals surface area contributed by atoms with E-state index in [1.165, 1.54) is 18.4 Å². The van der Waals surface area contributed by atoms with E-state index in [4.69, 9.17) is 9.47 Å². The lowest BCUT2D eigenvalue weighted by atomic mass is 10.1. The van der Waals surface area contributed by atoms with E-state index in [0.717, 1.165) is 51.3 Å². The Balaban J connectivity index is 1.62. The highest BCUT2D eigenvalue weighted by molar-refractivity contribution is 5.79. The summed E-state index contributed by atoms with van der Waals surface area (Å²) < 4.78 is 48.8. The van der Waals surface area contributed by atoms with Crippen molar-refractivity contribution >= 4 is 5.96 Å². The van der Waals surface area contributed by atoms with Gasteiger partial charge in [-0.05, 0) is 39.2 Å². The summed E-state index contributed by atoms with van der Waals surface area (Å²) in [6, 6.07) is 0. The van der Waals surface area contributed by atoms with E-state index in [1.807, 2.05) is 0 Å². The monoisotopic (exact) mass is 394 g/mol. The molecule has 27 heavy (non-hydrogen) atoms. The van der Waals surface area contributed by atoms with Gasteiger partial charge in [0.05, 0.1) is 25.4 Å². The van der Waals surface area contributed by atoms with Crippen molar-refractivity contribution in [1.82, 2.24) is 15.1 Å². The first kappa shape index (κ1) is 22.2. The second-order valence-electron chi connectivity index (χ2n) is 7.34. The van der Waals surface area contributed by atoms with Crippen molar-refractivity contribution in [1.29, 1.82) is 0 Å². The average Bonchev–Trinajstić information content (AvgIpc) is 2.63. The minimum Gasteiger partial charge on any atom is -0.376 e. The molecule has 0 aliphatic carbocycles. The molecule has 2 heterocycles. The van der Waals surface area contributed by atoms with E-state index in [2.05, 4.69) is 15.2 Å². The number of guanidine groups is 1. The van der Waals surface area contributed by atoms with Gasteiger partial charge in [0.25, 0.3) is 0 Å². The number of alkyl halides is 3. The van der Waals surface area contributed by atoms with E-state index >= 15 is 0 Å². The molecule has 0 aromatic heterocycles. The molecule has 2 aliphatic rings. The zero-order valence-electron chi connectivity index (χ0n) is 16.4. The lowest BCUT2D eigenvalue weighted by Gasteiger charge is -2.35. The first-order chi connectivity index (χ1) is 12.9. The van der Waals surface area contributed by atoms with E-state index in [-0.39, 0.29) is 12.2 Å². The topological polar surface area (TPSA) is 49.3 Å². The summed E-state index contributed by atoms with van der Waals surface area (Å²) in [5.74, 6) is 0.740. The van der Waals surface area contributed by atoms with Crippen molar-refractivity contribution in [3.8, 4) is 0 Å². The van der Waals surface area contributed by atoms with Crippen LogP contribution in [0.2, 0.25) is 0 Å². The maximum atomic E-state index is 12.4. The van der Waals surface area contributed by atoms with Gasteiger partial charge in [-0.15, -0.1) is 0 Å². The molecule has 1 atom stereocenters. The van der Waals surface area contributed by atoms with Crippen molar-refractivity contribution in [2.75, 3.05) is 60.0 Å². The highest BCUT2D eigenvalue weighted by Crippen LogP contribution is 2.18. The minimum atomic E-state index is -4.17. The highest BCUT2D eigenvalue weighted by Gasteiger charge is 2.29. The van der Waals surface area contributed by atoms with Gasteiger partial charge in [-0.3, -0.25) is 9.89 Å². The summed E-state index contributed by atoms with van der Waals surface area (Å²) >= 11 is 0. The van der Waals surface area contributed by atoms with Crippen LogP contribution in [0.15, 0.2) is 4.99 Å². The number of ether oxygens (including phenoxy) is 2. The lowest BCUT2D eigenvalue weighted by Crippen LogP contribution is -2.48. The third kappa shape index (κ3) is 8.66. The summed E-state index contributed by atoms with van der Waals surface area (Å²) in [6.07, 6.45) is 1.59. The fourth-order valence-electron chi connectivity index (χ4n) is 3.49. The number of hydrogen-bond donors (Lipinski definition) is 1. The Morgan fingerprint density at radius 3 is 2.59 bits per heavy atom. The van der Waals surface area contributed by atoms with Gasteiger partial charge in [0.2, 0.25) is 0 Å². The molecular formula is C18H33F3N4O2. The maximum Gasteiger partial charge on any atom is 0.401 e. The molecular weight excluding hydrogens is 361 g/mol. The number of halogens is 3. The molecule has 0 bridgehead atoms. The first-order valence-corrected chi connectivity index (χ1v) is 9.81. The van der Waals surface area contributed by atoms with Crippen LogP contribution in [-0.2, 0) is 9.47 Å². The van der Waals surface area contributed by atoms with Gasteiger partial charge in [-0.25, -0.2) is 0 Å². The molecule has 1 unspecified atom stereocenters. The predicted octanol–water partition coefficient (Wildman–Crippen LogP) is 2.11. The number of nitrogens with zero attached hydrogens (tertiary/aromatic N) is 3. The molecule has 2 fully saturated rings. The quantitative estimate of drug-likeness (QED) is 0.529. The number of likely N-dealkylation sites (tertiary alicyclic amines) is 1. The summed E-state index contributed by atoms with van der Waals surface area (Å²) in [5.41, 5.74) is 0. The Morgan fingerprint density at radius 1 is 1.26 bits per heavy atom. The van der Waals surface area contributed by atoms with Crippen LogP contribution in [0.1, 0.15) is 32.1 Å². The summed E-state index contributed by atoms with van der Waals surface area (Å²) in [4.78, 5) is 7.65. The highest BCUT2D eigenvalue weighted by atomic mass is 19.4. The number of piperidine rings is 1. The number of nitrogens with one attached hydrogen (secondary N) is 1. The van der Waals surface area contributed by atoms with Crippen LogP contribution in [0.3, 0.4) is 0 Å². The van der Waals surface area contributed by atoms with Gasteiger partial charge < -0.3 is 19.7 Å². The zero-order chi connectivity index (χ0) is 19.7. The minimum absolute atomic E-state index is 0.236. The molecule has 158 valence electrons.